The predicted octanol–water partition coefficient (Wildman–Crippen LogP) is 3.04. The Morgan fingerprint density at radius 3 is 2.67 bits per heavy atom. The molecule has 0 spiro atoms. The molecule has 5 nitrogen and oxygen atoms in total. The molecule has 2 N–H and O–H groups in total. The van der Waals surface area contributed by atoms with Crippen LogP contribution in [-0.2, 0) is 6.54 Å². The standard InChI is InChI=1S/C14H12ClNO4S/c1-20-10-3-2-8(6-9(10)14(18)19)7-16-13(17)11-4-5-12(15)21-11/h2-6H,7H2,1H3,(H,16,17)(H,18,19). The summed E-state index contributed by atoms with van der Waals surface area (Å²) < 4.78 is 5.52. The van der Waals surface area contributed by atoms with Crippen LogP contribution in [0.1, 0.15) is 25.6 Å². The van der Waals surface area contributed by atoms with E-state index < -0.39 is 5.97 Å². The van der Waals surface area contributed by atoms with E-state index in [-0.39, 0.29) is 23.8 Å². The quantitative estimate of drug-likeness (QED) is 0.886. The van der Waals surface area contributed by atoms with E-state index in [1.807, 2.05) is 0 Å². The number of carboxylic acid groups (broad SMARTS) is 1. The summed E-state index contributed by atoms with van der Waals surface area (Å²) in [6.45, 7) is 0.221. The third kappa shape index (κ3) is 3.74. The third-order valence-electron chi connectivity index (χ3n) is 2.74. The SMILES string of the molecule is COc1ccc(CNC(=O)c2ccc(Cl)s2)cc1C(=O)O. The molecule has 1 amide bonds. The van der Waals surface area contributed by atoms with Gasteiger partial charge in [0.2, 0.25) is 0 Å². The van der Waals surface area contributed by atoms with Crippen LogP contribution >= 0.6 is 22.9 Å². The second kappa shape index (κ2) is 6.60. The number of nitrogens with one attached hydrogen (secondary N) is 1. The molecule has 1 aromatic carbocycles. The summed E-state index contributed by atoms with van der Waals surface area (Å²) >= 11 is 6.95. The Labute approximate surface area is 130 Å². The third-order valence-corrected chi connectivity index (χ3v) is 3.97. The van der Waals surface area contributed by atoms with Crippen LogP contribution < -0.4 is 10.1 Å². The molecule has 0 aliphatic rings. The van der Waals surface area contributed by atoms with Crippen LogP contribution in [0.3, 0.4) is 0 Å². The average molecular weight is 326 g/mol. The van der Waals surface area contributed by atoms with Gasteiger partial charge in [-0.05, 0) is 29.8 Å². The van der Waals surface area contributed by atoms with Crippen molar-refractivity contribution in [3.63, 3.8) is 0 Å². The molecule has 0 aliphatic carbocycles. The van der Waals surface area contributed by atoms with Crippen molar-refractivity contribution < 1.29 is 19.4 Å². The van der Waals surface area contributed by atoms with Gasteiger partial charge in [0.15, 0.2) is 0 Å². The number of aromatic carboxylic acids is 1. The van der Waals surface area contributed by atoms with Gasteiger partial charge in [-0.3, -0.25) is 4.79 Å². The van der Waals surface area contributed by atoms with Crippen LogP contribution in [0.25, 0.3) is 0 Å². The summed E-state index contributed by atoms with van der Waals surface area (Å²) in [5.74, 6) is -1.05. The van der Waals surface area contributed by atoms with Crippen molar-refractivity contribution in [1.29, 1.82) is 0 Å². The molecule has 0 bridgehead atoms. The van der Waals surface area contributed by atoms with E-state index in [0.717, 1.165) is 0 Å². The highest BCUT2D eigenvalue weighted by Crippen LogP contribution is 2.22. The van der Waals surface area contributed by atoms with Crippen LogP contribution in [0.5, 0.6) is 5.75 Å². The van der Waals surface area contributed by atoms with Crippen molar-refractivity contribution in [3.05, 3.63) is 50.7 Å². The number of ether oxygens (including phenoxy) is 1. The molecule has 0 unspecified atom stereocenters. The highest BCUT2D eigenvalue weighted by Gasteiger charge is 2.13. The van der Waals surface area contributed by atoms with E-state index >= 15 is 0 Å². The number of rotatable bonds is 5. The molecule has 7 heteroatoms. The number of carboxylic acids is 1. The van der Waals surface area contributed by atoms with Gasteiger partial charge in [0.1, 0.15) is 11.3 Å². The topological polar surface area (TPSA) is 75.6 Å². The molecule has 2 rings (SSSR count). The number of hydrogen-bond donors (Lipinski definition) is 2. The number of carbonyl (C=O) groups excluding carboxylic acids is 1. The zero-order valence-electron chi connectivity index (χ0n) is 11.1. The van der Waals surface area contributed by atoms with Crippen LogP contribution in [0.15, 0.2) is 30.3 Å². The highest BCUT2D eigenvalue weighted by atomic mass is 35.5. The number of amides is 1. The van der Waals surface area contributed by atoms with Crippen LogP contribution in [-0.4, -0.2) is 24.1 Å². The van der Waals surface area contributed by atoms with E-state index in [4.69, 9.17) is 21.4 Å². The summed E-state index contributed by atoms with van der Waals surface area (Å²) in [5, 5.41) is 11.8. The second-order valence-electron chi connectivity index (χ2n) is 4.13. The molecular formula is C14H12ClNO4S. The lowest BCUT2D eigenvalue weighted by Gasteiger charge is -2.08. The molecular weight excluding hydrogens is 314 g/mol. The van der Waals surface area contributed by atoms with Gasteiger partial charge in [-0.15, -0.1) is 11.3 Å². The number of thiophene rings is 1. The molecule has 0 atom stereocenters. The molecule has 0 saturated heterocycles. The lowest BCUT2D eigenvalue weighted by atomic mass is 10.1. The maximum Gasteiger partial charge on any atom is 0.339 e. The van der Waals surface area contributed by atoms with E-state index in [1.54, 1.807) is 24.3 Å². The molecule has 2 aromatic rings. The van der Waals surface area contributed by atoms with Gasteiger partial charge in [0.05, 0.1) is 16.3 Å². The van der Waals surface area contributed by atoms with Crippen molar-refractivity contribution in [2.45, 2.75) is 6.54 Å². The number of benzene rings is 1. The Hall–Kier alpha value is -2.05. The second-order valence-corrected chi connectivity index (χ2v) is 5.84. The Bertz CT molecular complexity index is 683. The first-order chi connectivity index (χ1) is 10.0. The zero-order valence-corrected chi connectivity index (χ0v) is 12.6. The summed E-state index contributed by atoms with van der Waals surface area (Å²) in [7, 11) is 1.41. The summed E-state index contributed by atoms with van der Waals surface area (Å²) in [6, 6.07) is 8.03. The number of methoxy groups -OCH3 is 1. The van der Waals surface area contributed by atoms with Crippen molar-refractivity contribution in [3.8, 4) is 5.75 Å². The Morgan fingerprint density at radius 2 is 2.10 bits per heavy atom. The molecule has 0 aliphatic heterocycles. The lowest BCUT2D eigenvalue weighted by molar-refractivity contribution is 0.0693. The Morgan fingerprint density at radius 1 is 1.33 bits per heavy atom. The Kier molecular flexibility index (Phi) is 4.82. The summed E-state index contributed by atoms with van der Waals surface area (Å²) in [5.41, 5.74) is 0.729. The van der Waals surface area contributed by atoms with Crippen molar-refractivity contribution in [2.24, 2.45) is 0 Å². The molecule has 21 heavy (non-hydrogen) atoms. The van der Waals surface area contributed by atoms with E-state index in [9.17, 15) is 9.59 Å². The predicted molar refractivity (Wildman–Crippen MR) is 80.5 cm³/mol. The normalized spacial score (nSPS) is 10.2. The van der Waals surface area contributed by atoms with Crippen molar-refractivity contribution in [1.82, 2.24) is 5.32 Å². The maximum absolute atomic E-state index is 11.9. The van der Waals surface area contributed by atoms with Gasteiger partial charge in [-0.1, -0.05) is 17.7 Å². The summed E-state index contributed by atoms with van der Waals surface area (Å²) in [6.07, 6.45) is 0. The molecule has 0 saturated carbocycles. The minimum Gasteiger partial charge on any atom is -0.496 e. The van der Waals surface area contributed by atoms with E-state index in [1.165, 1.54) is 24.5 Å². The van der Waals surface area contributed by atoms with Gasteiger partial charge in [-0.25, -0.2) is 4.79 Å². The first-order valence-electron chi connectivity index (χ1n) is 5.95. The smallest absolute Gasteiger partial charge is 0.339 e. The van der Waals surface area contributed by atoms with E-state index in [2.05, 4.69) is 5.32 Å². The molecule has 1 aromatic heterocycles. The molecule has 1 heterocycles. The Balaban J connectivity index is 2.08. The van der Waals surface area contributed by atoms with Crippen molar-refractivity contribution >= 4 is 34.8 Å². The first-order valence-corrected chi connectivity index (χ1v) is 7.14. The largest absolute Gasteiger partial charge is 0.496 e. The fourth-order valence-corrected chi connectivity index (χ4v) is 2.70. The molecule has 0 fully saturated rings. The number of carbonyl (C=O) groups is 2. The van der Waals surface area contributed by atoms with Gasteiger partial charge in [-0.2, -0.15) is 0 Å². The summed E-state index contributed by atoms with van der Waals surface area (Å²) in [4.78, 5) is 23.5. The monoisotopic (exact) mass is 325 g/mol. The van der Waals surface area contributed by atoms with E-state index in [0.29, 0.717) is 14.8 Å². The van der Waals surface area contributed by atoms with Crippen LogP contribution in [0.4, 0.5) is 0 Å². The van der Waals surface area contributed by atoms with Gasteiger partial charge >= 0.3 is 5.97 Å². The molecule has 110 valence electrons. The van der Waals surface area contributed by atoms with Gasteiger partial charge in [0.25, 0.3) is 5.91 Å². The number of halogens is 1. The van der Waals surface area contributed by atoms with Gasteiger partial charge < -0.3 is 15.2 Å². The highest BCUT2D eigenvalue weighted by molar-refractivity contribution is 7.17. The zero-order chi connectivity index (χ0) is 15.4. The minimum atomic E-state index is -1.08. The van der Waals surface area contributed by atoms with Crippen LogP contribution in [0.2, 0.25) is 4.34 Å². The fourth-order valence-electron chi connectivity index (χ4n) is 1.74. The fraction of sp³-hybridized carbons (Fsp3) is 0.143. The lowest BCUT2D eigenvalue weighted by Crippen LogP contribution is -2.22. The number of hydrogen-bond acceptors (Lipinski definition) is 4. The molecule has 0 radical (unpaired) electrons. The van der Waals surface area contributed by atoms with Gasteiger partial charge in [0, 0.05) is 6.54 Å². The van der Waals surface area contributed by atoms with Crippen molar-refractivity contribution in [2.75, 3.05) is 7.11 Å². The maximum atomic E-state index is 11.9. The van der Waals surface area contributed by atoms with Crippen LogP contribution in [0, 0.1) is 0 Å². The first kappa shape index (κ1) is 15.3. The average Bonchev–Trinajstić information content (AvgIpc) is 2.91. The minimum absolute atomic E-state index is 0.0587.